The smallest absolute Gasteiger partial charge is 0.256 e. The number of carbonyl (C=O) groups excluding carboxylic acids is 1. The van der Waals surface area contributed by atoms with Crippen LogP contribution in [0.25, 0.3) is 5.69 Å². The van der Waals surface area contributed by atoms with Crippen LogP contribution in [0.4, 0.5) is 5.82 Å². The number of amides is 1. The molecule has 2 aromatic rings. The third kappa shape index (κ3) is 3.33. The zero-order valence-electron chi connectivity index (χ0n) is 17.0. The number of anilines is 1. The van der Waals surface area contributed by atoms with Crippen molar-refractivity contribution in [3.8, 4) is 5.69 Å². The molecule has 0 saturated heterocycles. The number of benzene rings is 1. The van der Waals surface area contributed by atoms with E-state index in [1.54, 1.807) is 17.8 Å². The number of hydrogen-bond donors (Lipinski definition) is 3. The molecule has 6 rings (SSSR count). The molecule has 1 amide bonds. The minimum absolute atomic E-state index is 0.0628. The van der Waals surface area contributed by atoms with Crippen LogP contribution in [0.15, 0.2) is 36.5 Å². The third-order valence-corrected chi connectivity index (χ3v) is 7.24. The molecule has 3 atom stereocenters. The number of nitrogens with one attached hydrogen (secondary N) is 2. The van der Waals surface area contributed by atoms with Gasteiger partial charge in [0.2, 0.25) is 0 Å². The van der Waals surface area contributed by atoms with Crippen molar-refractivity contribution >= 4 is 11.7 Å². The van der Waals surface area contributed by atoms with Crippen LogP contribution in [0.1, 0.15) is 55.8 Å². The van der Waals surface area contributed by atoms with E-state index in [0.29, 0.717) is 23.3 Å². The standard InChI is InChI=1S/C23H30N4O2/c1-15(28)13-24-21-19(14-25-27(21)18-5-3-2-4-6-18)22(29)26-20-8-7-16-9-17-11-23(20,10-16)12-17/h2-6,14-17,20,24,28H,7-13H2,1H3,(H,26,29). The van der Waals surface area contributed by atoms with Crippen molar-refractivity contribution in [3.05, 3.63) is 42.1 Å². The Hall–Kier alpha value is -2.34. The normalized spacial score (nSPS) is 30.9. The Labute approximate surface area is 171 Å². The van der Waals surface area contributed by atoms with E-state index in [0.717, 1.165) is 23.9 Å². The first-order chi connectivity index (χ1) is 14.0. The number of hydrogen-bond acceptors (Lipinski definition) is 4. The number of aromatic nitrogens is 2. The van der Waals surface area contributed by atoms with Crippen LogP contribution in [0.3, 0.4) is 0 Å². The largest absolute Gasteiger partial charge is 0.392 e. The predicted octanol–water partition coefficient (Wildman–Crippen LogP) is 3.36. The van der Waals surface area contributed by atoms with E-state index >= 15 is 0 Å². The molecule has 6 nitrogen and oxygen atoms in total. The molecule has 0 aliphatic heterocycles. The molecule has 29 heavy (non-hydrogen) atoms. The van der Waals surface area contributed by atoms with Crippen molar-refractivity contribution in [2.45, 2.75) is 57.6 Å². The van der Waals surface area contributed by atoms with E-state index in [-0.39, 0.29) is 11.9 Å². The predicted molar refractivity (Wildman–Crippen MR) is 112 cm³/mol. The number of aliphatic hydroxyl groups is 1. The van der Waals surface area contributed by atoms with E-state index in [1.165, 1.54) is 32.1 Å². The van der Waals surface area contributed by atoms with Gasteiger partial charge in [0.25, 0.3) is 5.91 Å². The molecule has 4 fully saturated rings. The van der Waals surface area contributed by atoms with Crippen LogP contribution >= 0.6 is 0 Å². The van der Waals surface area contributed by atoms with Crippen LogP contribution in [-0.4, -0.2) is 39.5 Å². The molecule has 154 valence electrons. The summed E-state index contributed by atoms with van der Waals surface area (Å²) in [4.78, 5) is 13.3. The van der Waals surface area contributed by atoms with Gasteiger partial charge in [0.15, 0.2) is 0 Å². The summed E-state index contributed by atoms with van der Waals surface area (Å²) in [6.07, 6.45) is 8.69. The first-order valence-electron chi connectivity index (χ1n) is 10.9. The SMILES string of the molecule is CC(O)CNc1c(C(=O)NC2CCC3CC4CC2(C3)C4)cnn1-c1ccccc1. The Morgan fingerprint density at radius 1 is 1.24 bits per heavy atom. The summed E-state index contributed by atoms with van der Waals surface area (Å²) in [5.41, 5.74) is 1.76. The molecule has 4 aliphatic rings. The molecule has 0 radical (unpaired) electrons. The number of rotatable bonds is 6. The monoisotopic (exact) mass is 394 g/mol. The Kier molecular flexibility index (Phi) is 4.62. The van der Waals surface area contributed by atoms with Gasteiger partial charge in [-0.1, -0.05) is 18.2 Å². The topological polar surface area (TPSA) is 79.2 Å². The highest BCUT2D eigenvalue weighted by molar-refractivity contribution is 5.99. The van der Waals surface area contributed by atoms with Gasteiger partial charge in [0, 0.05) is 12.6 Å². The third-order valence-electron chi connectivity index (χ3n) is 7.24. The molecule has 3 unspecified atom stereocenters. The van der Waals surface area contributed by atoms with Crippen LogP contribution in [0.5, 0.6) is 0 Å². The van der Waals surface area contributed by atoms with Crippen molar-refractivity contribution in [3.63, 3.8) is 0 Å². The lowest BCUT2D eigenvalue weighted by Gasteiger charge is -2.62. The lowest BCUT2D eigenvalue weighted by molar-refractivity contribution is -0.0940. The quantitative estimate of drug-likeness (QED) is 0.702. The molecule has 1 aromatic carbocycles. The first-order valence-corrected chi connectivity index (χ1v) is 10.9. The van der Waals surface area contributed by atoms with Gasteiger partial charge in [0.1, 0.15) is 11.4 Å². The second-order valence-electron chi connectivity index (χ2n) is 9.43. The van der Waals surface area contributed by atoms with Crippen molar-refractivity contribution in [1.29, 1.82) is 0 Å². The Balaban J connectivity index is 1.39. The number of nitrogens with zero attached hydrogens (tertiary/aromatic N) is 2. The summed E-state index contributed by atoms with van der Waals surface area (Å²) in [6.45, 7) is 2.08. The number of aliphatic hydroxyl groups excluding tert-OH is 1. The maximum atomic E-state index is 13.3. The minimum Gasteiger partial charge on any atom is -0.392 e. The van der Waals surface area contributed by atoms with Gasteiger partial charge >= 0.3 is 0 Å². The van der Waals surface area contributed by atoms with Crippen molar-refractivity contribution in [2.24, 2.45) is 17.3 Å². The molecule has 1 spiro atoms. The van der Waals surface area contributed by atoms with Crippen LogP contribution in [0, 0.1) is 17.3 Å². The van der Waals surface area contributed by atoms with Crippen LogP contribution < -0.4 is 10.6 Å². The molecular formula is C23H30N4O2. The fraction of sp³-hybridized carbons (Fsp3) is 0.565. The highest BCUT2D eigenvalue weighted by Crippen LogP contribution is 2.63. The molecule has 4 aliphatic carbocycles. The van der Waals surface area contributed by atoms with E-state index in [4.69, 9.17) is 0 Å². The van der Waals surface area contributed by atoms with Crippen LogP contribution in [0.2, 0.25) is 0 Å². The lowest BCUT2D eigenvalue weighted by atomic mass is 9.45. The minimum atomic E-state index is -0.520. The summed E-state index contributed by atoms with van der Waals surface area (Å²) in [5, 5.41) is 20.8. The Morgan fingerprint density at radius 2 is 2.00 bits per heavy atom. The van der Waals surface area contributed by atoms with Gasteiger partial charge in [-0.15, -0.1) is 0 Å². The molecule has 4 saturated carbocycles. The fourth-order valence-electron chi connectivity index (χ4n) is 6.06. The maximum Gasteiger partial charge on any atom is 0.256 e. The summed E-state index contributed by atoms with van der Waals surface area (Å²) in [7, 11) is 0. The average Bonchev–Trinajstić information content (AvgIpc) is 3.12. The molecule has 3 bridgehead atoms. The molecule has 6 heteroatoms. The van der Waals surface area contributed by atoms with Crippen LogP contribution in [-0.2, 0) is 0 Å². The molecule has 3 N–H and O–H groups in total. The van der Waals surface area contributed by atoms with Crippen molar-refractivity contribution < 1.29 is 9.90 Å². The summed E-state index contributed by atoms with van der Waals surface area (Å²) in [5.74, 6) is 2.33. The van der Waals surface area contributed by atoms with Gasteiger partial charge in [-0.2, -0.15) is 5.10 Å². The summed E-state index contributed by atoms with van der Waals surface area (Å²) < 4.78 is 1.74. The number of carbonyl (C=O) groups is 1. The zero-order valence-corrected chi connectivity index (χ0v) is 17.0. The molecular weight excluding hydrogens is 364 g/mol. The van der Waals surface area contributed by atoms with Gasteiger partial charge < -0.3 is 15.7 Å². The summed E-state index contributed by atoms with van der Waals surface area (Å²) in [6, 6.07) is 10.0. The van der Waals surface area contributed by atoms with E-state index in [2.05, 4.69) is 15.7 Å². The van der Waals surface area contributed by atoms with E-state index < -0.39 is 6.10 Å². The van der Waals surface area contributed by atoms with Crippen molar-refractivity contribution in [2.75, 3.05) is 11.9 Å². The summed E-state index contributed by atoms with van der Waals surface area (Å²) >= 11 is 0. The van der Waals surface area contributed by atoms with Gasteiger partial charge in [0.05, 0.1) is 18.0 Å². The Bertz CT molecular complexity index is 886. The van der Waals surface area contributed by atoms with Gasteiger partial charge in [-0.05, 0) is 74.8 Å². The zero-order chi connectivity index (χ0) is 20.0. The highest BCUT2D eigenvalue weighted by atomic mass is 16.3. The second kappa shape index (κ2) is 7.17. The van der Waals surface area contributed by atoms with Crippen molar-refractivity contribution in [1.82, 2.24) is 15.1 Å². The van der Waals surface area contributed by atoms with Gasteiger partial charge in [-0.3, -0.25) is 4.79 Å². The first kappa shape index (κ1) is 18.7. The highest BCUT2D eigenvalue weighted by Gasteiger charge is 2.57. The maximum absolute atomic E-state index is 13.3. The average molecular weight is 395 g/mol. The lowest BCUT2D eigenvalue weighted by Crippen LogP contribution is -2.60. The molecule has 1 heterocycles. The van der Waals surface area contributed by atoms with E-state index in [1.807, 2.05) is 30.3 Å². The second-order valence-corrected chi connectivity index (χ2v) is 9.43. The Morgan fingerprint density at radius 3 is 2.76 bits per heavy atom. The van der Waals surface area contributed by atoms with E-state index in [9.17, 15) is 9.90 Å². The molecule has 1 aromatic heterocycles. The fourth-order valence-corrected chi connectivity index (χ4v) is 6.06. The number of para-hydroxylation sites is 1. The van der Waals surface area contributed by atoms with Gasteiger partial charge in [-0.25, -0.2) is 4.68 Å².